The first-order valence-electron chi connectivity index (χ1n) is 5.17. The molecule has 0 bridgehead atoms. The van der Waals surface area contributed by atoms with E-state index in [0.29, 0.717) is 0 Å². The van der Waals surface area contributed by atoms with Crippen molar-refractivity contribution in [2.45, 2.75) is 39.5 Å². The lowest BCUT2D eigenvalue weighted by molar-refractivity contribution is -0.110. The van der Waals surface area contributed by atoms with Crippen LogP contribution in [0, 0.1) is 0 Å². The van der Waals surface area contributed by atoms with Gasteiger partial charge in [-0.1, -0.05) is 26.7 Å². The molecule has 4 nitrogen and oxygen atoms in total. The smallest absolute Gasteiger partial charge is 0.207 e. The number of amides is 2. The van der Waals surface area contributed by atoms with Crippen LogP contribution in [-0.2, 0) is 9.59 Å². The molecule has 0 spiro atoms. The molecule has 0 aromatic carbocycles. The number of unbranched alkanes of at least 4 members (excludes halogenated alkanes) is 2. The lowest BCUT2D eigenvalue weighted by atomic mass is 10.3. The van der Waals surface area contributed by atoms with Gasteiger partial charge in [0, 0.05) is 13.1 Å². The maximum atomic E-state index is 9.57. The van der Waals surface area contributed by atoms with Crippen LogP contribution in [0.5, 0.6) is 0 Å². The van der Waals surface area contributed by atoms with Crippen molar-refractivity contribution < 1.29 is 9.59 Å². The van der Waals surface area contributed by atoms with E-state index in [2.05, 4.69) is 24.5 Å². The average molecular weight is 202 g/mol. The predicted octanol–water partition coefficient (Wildman–Crippen LogP) is 1.06. The van der Waals surface area contributed by atoms with Crippen molar-refractivity contribution in [2.24, 2.45) is 0 Å². The van der Waals surface area contributed by atoms with Gasteiger partial charge in [-0.15, -0.1) is 0 Å². The van der Waals surface area contributed by atoms with Gasteiger partial charge in [0.1, 0.15) is 0 Å². The van der Waals surface area contributed by atoms with Gasteiger partial charge >= 0.3 is 0 Å². The molecule has 4 heteroatoms. The summed E-state index contributed by atoms with van der Waals surface area (Å²) < 4.78 is 0. The van der Waals surface area contributed by atoms with Gasteiger partial charge in [-0.05, 0) is 12.8 Å². The number of rotatable bonds is 8. The standard InChI is InChI=1S/2C5H11NO/c2*1-2-3-4-6-5-7/h2*5H,2-4H2,1H3,(H,6,7). The van der Waals surface area contributed by atoms with E-state index < -0.39 is 0 Å². The molecule has 0 rings (SSSR count). The highest BCUT2D eigenvalue weighted by atomic mass is 16.1. The number of nitrogens with one attached hydrogen (secondary N) is 2. The minimum absolute atomic E-state index is 0.732. The lowest BCUT2D eigenvalue weighted by Crippen LogP contribution is -2.11. The number of carbonyl (C=O) groups is 2. The second-order valence-corrected chi connectivity index (χ2v) is 2.85. The van der Waals surface area contributed by atoms with Crippen LogP contribution in [0.4, 0.5) is 0 Å². The van der Waals surface area contributed by atoms with Gasteiger partial charge in [0.15, 0.2) is 0 Å². The van der Waals surface area contributed by atoms with Gasteiger partial charge in [0.2, 0.25) is 12.8 Å². The second-order valence-electron chi connectivity index (χ2n) is 2.85. The fraction of sp³-hybridized carbons (Fsp3) is 0.800. The zero-order chi connectivity index (χ0) is 11.1. The summed E-state index contributed by atoms with van der Waals surface area (Å²) >= 11 is 0. The van der Waals surface area contributed by atoms with Crippen molar-refractivity contribution in [1.82, 2.24) is 10.6 Å². The van der Waals surface area contributed by atoms with Gasteiger partial charge < -0.3 is 10.6 Å². The average Bonchev–Trinajstić information content (AvgIpc) is 2.21. The number of carbonyl (C=O) groups excluding carboxylic acids is 2. The molecule has 0 radical (unpaired) electrons. The third kappa shape index (κ3) is 22.4. The summed E-state index contributed by atoms with van der Waals surface area (Å²) in [4.78, 5) is 19.1. The van der Waals surface area contributed by atoms with Crippen LogP contribution in [-0.4, -0.2) is 25.9 Å². The van der Waals surface area contributed by atoms with E-state index >= 15 is 0 Å². The third-order valence-corrected chi connectivity index (χ3v) is 1.52. The fourth-order valence-electron chi connectivity index (χ4n) is 0.676. The molecule has 0 saturated carbocycles. The first kappa shape index (κ1) is 15.4. The Morgan fingerprint density at radius 3 is 1.43 bits per heavy atom. The Balaban J connectivity index is 0. The molecule has 0 aliphatic heterocycles. The molecular weight excluding hydrogens is 180 g/mol. The Morgan fingerprint density at radius 2 is 1.21 bits per heavy atom. The van der Waals surface area contributed by atoms with E-state index in [9.17, 15) is 9.59 Å². The second kappa shape index (κ2) is 17.9. The van der Waals surface area contributed by atoms with Crippen LogP contribution in [0.1, 0.15) is 39.5 Å². The molecule has 2 amide bonds. The SMILES string of the molecule is CCCCNC=O.CCCCNC=O. The minimum Gasteiger partial charge on any atom is -0.359 e. The summed E-state index contributed by atoms with van der Waals surface area (Å²) in [6.45, 7) is 5.82. The Hall–Kier alpha value is -1.06. The Labute approximate surface area is 86.5 Å². The zero-order valence-electron chi connectivity index (χ0n) is 9.21. The van der Waals surface area contributed by atoms with E-state index in [1.165, 1.54) is 0 Å². The van der Waals surface area contributed by atoms with Crippen LogP contribution in [0.2, 0.25) is 0 Å². The molecule has 0 aliphatic carbocycles. The van der Waals surface area contributed by atoms with Crippen molar-refractivity contribution in [3.8, 4) is 0 Å². The number of hydrogen-bond donors (Lipinski definition) is 2. The fourth-order valence-corrected chi connectivity index (χ4v) is 0.676. The van der Waals surface area contributed by atoms with Gasteiger partial charge in [-0.25, -0.2) is 0 Å². The normalized spacial score (nSPS) is 8.14. The summed E-state index contributed by atoms with van der Waals surface area (Å²) in [5.74, 6) is 0. The molecule has 2 N–H and O–H groups in total. The monoisotopic (exact) mass is 202 g/mol. The van der Waals surface area contributed by atoms with Gasteiger partial charge in [-0.3, -0.25) is 9.59 Å². The van der Waals surface area contributed by atoms with Gasteiger partial charge in [0.05, 0.1) is 0 Å². The molecule has 0 aromatic heterocycles. The van der Waals surface area contributed by atoms with Gasteiger partial charge in [-0.2, -0.15) is 0 Å². The Bertz CT molecular complexity index is 105. The summed E-state index contributed by atoms with van der Waals surface area (Å²) in [5, 5.41) is 5.14. The highest BCUT2D eigenvalue weighted by Gasteiger charge is 1.77. The first-order chi connectivity index (χ1) is 6.83. The maximum Gasteiger partial charge on any atom is 0.207 e. The topological polar surface area (TPSA) is 58.2 Å². The zero-order valence-corrected chi connectivity index (χ0v) is 9.21. The Kier molecular flexibility index (Phi) is 19.7. The molecule has 0 atom stereocenters. The molecule has 0 aliphatic rings. The summed E-state index contributed by atoms with van der Waals surface area (Å²) in [7, 11) is 0. The summed E-state index contributed by atoms with van der Waals surface area (Å²) in [5.41, 5.74) is 0. The van der Waals surface area contributed by atoms with E-state index in [4.69, 9.17) is 0 Å². The van der Waals surface area contributed by atoms with E-state index in [0.717, 1.165) is 51.6 Å². The van der Waals surface area contributed by atoms with Crippen LogP contribution < -0.4 is 10.6 Å². The Morgan fingerprint density at radius 1 is 0.857 bits per heavy atom. The number of hydrogen-bond acceptors (Lipinski definition) is 2. The third-order valence-electron chi connectivity index (χ3n) is 1.52. The molecule has 0 saturated heterocycles. The van der Waals surface area contributed by atoms with Crippen molar-refractivity contribution in [2.75, 3.05) is 13.1 Å². The molecule has 0 heterocycles. The molecule has 14 heavy (non-hydrogen) atoms. The molecular formula is C10H22N2O2. The van der Waals surface area contributed by atoms with Crippen LogP contribution >= 0.6 is 0 Å². The first-order valence-corrected chi connectivity index (χ1v) is 5.17. The maximum absolute atomic E-state index is 9.57. The highest BCUT2D eigenvalue weighted by molar-refractivity contribution is 5.45. The van der Waals surface area contributed by atoms with Gasteiger partial charge in [0.25, 0.3) is 0 Å². The predicted molar refractivity (Wildman–Crippen MR) is 57.9 cm³/mol. The largest absolute Gasteiger partial charge is 0.359 e. The van der Waals surface area contributed by atoms with E-state index in [1.54, 1.807) is 0 Å². The summed E-state index contributed by atoms with van der Waals surface area (Å²) in [6, 6.07) is 0. The molecule has 0 unspecified atom stereocenters. The van der Waals surface area contributed by atoms with Crippen molar-refractivity contribution in [3.05, 3.63) is 0 Å². The minimum atomic E-state index is 0.732. The summed E-state index contributed by atoms with van der Waals surface area (Å²) in [6.07, 6.45) is 5.91. The van der Waals surface area contributed by atoms with Crippen LogP contribution in [0.15, 0.2) is 0 Å². The molecule has 0 aromatic rings. The van der Waals surface area contributed by atoms with Crippen LogP contribution in [0.3, 0.4) is 0 Å². The lowest BCUT2D eigenvalue weighted by Gasteiger charge is -1.90. The van der Waals surface area contributed by atoms with Crippen molar-refractivity contribution >= 4 is 12.8 Å². The van der Waals surface area contributed by atoms with Crippen molar-refractivity contribution in [1.29, 1.82) is 0 Å². The highest BCUT2D eigenvalue weighted by Crippen LogP contribution is 1.80. The molecule has 0 fully saturated rings. The van der Waals surface area contributed by atoms with Crippen molar-refractivity contribution in [3.63, 3.8) is 0 Å². The molecule has 84 valence electrons. The van der Waals surface area contributed by atoms with Crippen LogP contribution in [0.25, 0.3) is 0 Å². The quantitative estimate of drug-likeness (QED) is 0.457. The van der Waals surface area contributed by atoms with E-state index in [-0.39, 0.29) is 0 Å². The van der Waals surface area contributed by atoms with E-state index in [1.807, 2.05) is 0 Å².